The van der Waals surface area contributed by atoms with Crippen molar-refractivity contribution in [2.75, 3.05) is 26.5 Å². The van der Waals surface area contributed by atoms with E-state index in [-0.39, 0.29) is 30.6 Å². The number of aromatic nitrogens is 1. The molecule has 0 spiro atoms. The second-order valence-electron chi connectivity index (χ2n) is 6.77. The van der Waals surface area contributed by atoms with Crippen LogP contribution in [0.3, 0.4) is 0 Å². The maximum atomic E-state index is 12.6. The maximum Gasteiger partial charge on any atom is 0.275 e. The molecule has 2 aliphatic rings. The zero-order valence-electron chi connectivity index (χ0n) is 14.7. The van der Waals surface area contributed by atoms with Gasteiger partial charge in [0, 0.05) is 19.2 Å². The summed E-state index contributed by atoms with van der Waals surface area (Å²) in [7, 11) is 0. The molecule has 1 saturated heterocycles. The molecule has 0 N–H and O–H groups in total. The summed E-state index contributed by atoms with van der Waals surface area (Å²) in [5.74, 6) is 2.10. The van der Waals surface area contributed by atoms with Gasteiger partial charge in [-0.2, -0.15) is 0 Å². The Morgan fingerprint density at radius 3 is 3.00 bits per heavy atom. The van der Waals surface area contributed by atoms with E-state index in [0.29, 0.717) is 42.8 Å². The van der Waals surface area contributed by atoms with Crippen molar-refractivity contribution < 1.29 is 28.2 Å². The molecule has 8 nitrogen and oxygen atoms in total. The summed E-state index contributed by atoms with van der Waals surface area (Å²) in [5, 5.41) is 0. The highest BCUT2D eigenvalue weighted by Gasteiger charge is 2.31. The van der Waals surface area contributed by atoms with Crippen molar-refractivity contribution in [2.45, 2.75) is 26.1 Å². The summed E-state index contributed by atoms with van der Waals surface area (Å²) < 4.78 is 27.2. The van der Waals surface area contributed by atoms with E-state index in [9.17, 15) is 4.79 Å². The number of nitrogens with zero attached hydrogens (tertiary/aromatic N) is 2. The highest BCUT2D eigenvalue weighted by Crippen LogP contribution is 2.35. The number of hydrogen-bond donors (Lipinski definition) is 0. The summed E-state index contributed by atoms with van der Waals surface area (Å²) in [6.45, 7) is 5.81. The van der Waals surface area contributed by atoms with Gasteiger partial charge in [-0.05, 0) is 26.0 Å². The third-order valence-electron chi connectivity index (χ3n) is 4.19. The van der Waals surface area contributed by atoms with Crippen molar-refractivity contribution in [1.29, 1.82) is 0 Å². The monoisotopic (exact) mass is 360 g/mol. The molecule has 0 radical (unpaired) electrons. The Labute approximate surface area is 150 Å². The van der Waals surface area contributed by atoms with Crippen molar-refractivity contribution in [3.63, 3.8) is 0 Å². The number of ether oxygens (including phenoxy) is 4. The lowest BCUT2D eigenvalue weighted by Gasteiger charge is -2.37. The van der Waals surface area contributed by atoms with Crippen molar-refractivity contribution in [1.82, 2.24) is 9.88 Å². The van der Waals surface area contributed by atoms with Crippen LogP contribution < -0.4 is 14.2 Å². The maximum absolute atomic E-state index is 12.6. The molecule has 4 rings (SSSR count). The van der Waals surface area contributed by atoms with Gasteiger partial charge in [0.15, 0.2) is 23.8 Å². The molecule has 0 atom stereocenters. The average Bonchev–Trinajstić information content (AvgIpc) is 3.27. The molecule has 1 aromatic heterocycles. The lowest BCUT2D eigenvalue weighted by molar-refractivity contribution is -0.0765. The summed E-state index contributed by atoms with van der Waals surface area (Å²) in [4.78, 5) is 18.5. The number of amides is 1. The van der Waals surface area contributed by atoms with Crippen LogP contribution in [0.15, 0.2) is 28.9 Å². The number of hydrogen-bond acceptors (Lipinski definition) is 7. The molecule has 2 aliphatic heterocycles. The molecule has 0 unspecified atom stereocenters. The van der Waals surface area contributed by atoms with Gasteiger partial charge in [-0.25, -0.2) is 4.98 Å². The minimum absolute atomic E-state index is 0.113. The fourth-order valence-corrected chi connectivity index (χ4v) is 2.94. The number of fused-ring (bicyclic) bond motifs is 1. The molecule has 1 amide bonds. The first kappa shape index (κ1) is 16.7. The first-order chi connectivity index (χ1) is 12.5. The molecule has 1 aromatic carbocycles. The number of benzene rings is 1. The molecule has 3 heterocycles. The second kappa shape index (κ2) is 6.53. The van der Waals surface area contributed by atoms with Gasteiger partial charge < -0.3 is 28.3 Å². The molecule has 1 fully saturated rings. The Hall–Kier alpha value is -2.74. The Balaban J connectivity index is 1.38. The molecular formula is C18H20N2O6. The Kier molecular flexibility index (Phi) is 4.20. The topological polar surface area (TPSA) is 83.3 Å². The number of morpholine rings is 1. The first-order valence-corrected chi connectivity index (χ1v) is 8.40. The van der Waals surface area contributed by atoms with Crippen molar-refractivity contribution in [3.05, 3.63) is 36.0 Å². The standard InChI is InChI=1S/C18H20N2O6/c1-18(2)10-20(5-6-26-18)17(21)13-8-23-16(19-13)9-22-12-3-4-14-15(7-12)25-11-24-14/h3-4,7-8H,5-6,9-11H2,1-2H3. The van der Waals surface area contributed by atoms with E-state index in [4.69, 9.17) is 23.4 Å². The van der Waals surface area contributed by atoms with Gasteiger partial charge in [-0.3, -0.25) is 4.79 Å². The largest absolute Gasteiger partial charge is 0.484 e. The van der Waals surface area contributed by atoms with Gasteiger partial charge >= 0.3 is 0 Å². The molecule has 0 saturated carbocycles. The summed E-state index contributed by atoms with van der Waals surface area (Å²) in [5.41, 5.74) is -0.0878. The van der Waals surface area contributed by atoms with Crippen LogP contribution in [0.5, 0.6) is 17.2 Å². The van der Waals surface area contributed by atoms with E-state index in [1.54, 1.807) is 23.1 Å². The Bertz CT molecular complexity index is 816. The van der Waals surface area contributed by atoms with E-state index in [1.165, 1.54) is 6.26 Å². The van der Waals surface area contributed by atoms with Gasteiger partial charge in [-0.1, -0.05) is 0 Å². The predicted molar refractivity (Wildman–Crippen MR) is 89.3 cm³/mol. The lowest BCUT2D eigenvalue weighted by atomic mass is 10.1. The quantitative estimate of drug-likeness (QED) is 0.827. The van der Waals surface area contributed by atoms with Crippen LogP contribution in [0.4, 0.5) is 0 Å². The van der Waals surface area contributed by atoms with Crippen LogP contribution in [-0.2, 0) is 11.3 Å². The molecule has 138 valence electrons. The minimum atomic E-state index is -0.358. The zero-order chi connectivity index (χ0) is 18.1. The van der Waals surface area contributed by atoms with E-state index < -0.39 is 0 Å². The van der Waals surface area contributed by atoms with Crippen molar-refractivity contribution >= 4 is 5.91 Å². The van der Waals surface area contributed by atoms with Crippen LogP contribution in [0.1, 0.15) is 30.2 Å². The molecule has 2 aromatic rings. The minimum Gasteiger partial charge on any atom is -0.484 e. The number of carbonyl (C=O) groups is 1. The van der Waals surface area contributed by atoms with Crippen molar-refractivity contribution in [2.24, 2.45) is 0 Å². The first-order valence-electron chi connectivity index (χ1n) is 8.40. The van der Waals surface area contributed by atoms with E-state index in [2.05, 4.69) is 4.98 Å². The van der Waals surface area contributed by atoms with E-state index in [0.717, 1.165) is 0 Å². The van der Waals surface area contributed by atoms with E-state index >= 15 is 0 Å². The van der Waals surface area contributed by atoms with Gasteiger partial charge in [0.1, 0.15) is 12.0 Å². The lowest BCUT2D eigenvalue weighted by Crippen LogP contribution is -2.50. The third kappa shape index (κ3) is 3.45. The fourth-order valence-electron chi connectivity index (χ4n) is 2.94. The third-order valence-corrected chi connectivity index (χ3v) is 4.19. The van der Waals surface area contributed by atoms with Gasteiger partial charge in [0.25, 0.3) is 5.91 Å². The normalized spacial score (nSPS) is 18.0. The molecule has 8 heteroatoms. The van der Waals surface area contributed by atoms with Crippen LogP contribution >= 0.6 is 0 Å². The van der Waals surface area contributed by atoms with Crippen LogP contribution in [-0.4, -0.2) is 47.9 Å². The Morgan fingerprint density at radius 1 is 1.31 bits per heavy atom. The Morgan fingerprint density at radius 2 is 2.15 bits per heavy atom. The average molecular weight is 360 g/mol. The van der Waals surface area contributed by atoms with Crippen LogP contribution in [0.2, 0.25) is 0 Å². The molecule has 0 aliphatic carbocycles. The molecule has 0 bridgehead atoms. The summed E-state index contributed by atoms with van der Waals surface area (Å²) in [6.07, 6.45) is 1.36. The van der Waals surface area contributed by atoms with Crippen molar-refractivity contribution in [3.8, 4) is 17.2 Å². The molecular weight excluding hydrogens is 340 g/mol. The zero-order valence-corrected chi connectivity index (χ0v) is 14.7. The summed E-state index contributed by atoms with van der Waals surface area (Å²) in [6, 6.07) is 5.30. The highest BCUT2D eigenvalue weighted by molar-refractivity contribution is 5.92. The SMILES string of the molecule is CC1(C)CN(C(=O)c2coc(COc3ccc4c(c3)OCO4)n2)CCO1. The molecule has 26 heavy (non-hydrogen) atoms. The van der Waals surface area contributed by atoms with Crippen LogP contribution in [0.25, 0.3) is 0 Å². The summed E-state index contributed by atoms with van der Waals surface area (Å²) >= 11 is 0. The van der Waals surface area contributed by atoms with Crippen LogP contribution in [0, 0.1) is 0 Å². The van der Waals surface area contributed by atoms with Gasteiger partial charge in [0.05, 0.1) is 12.2 Å². The predicted octanol–water partition coefficient (Wildman–Crippen LogP) is 2.23. The fraction of sp³-hybridized carbons (Fsp3) is 0.444. The highest BCUT2D eigenvalue weighted by atomic mass is 16.7. The number of oxazole rings is 1. The number of carbonyl (C=O) groups excluding carboxylic acids is 1. The van der Waals surface area contributed by atoms with Gasteiger partial charge in [0.2, 0.25) is 12.7 Å². The second-order valence-corrected chi connectivity index (χ2v) is 6.77. The van der Waals surface area contributed by atoms with Gasteiger partial charge in [-0.15, -0.1) is 0 Å². The van der Waals surface area contributed by atoms with E-state index in [1.807, 2.05) is 13.8 Å². The number of rotatable bonds is 4. The smallest absolute Gasteiger partial charge is 0.275 e.